The van der Waals surface area contributed by atoms with E-state index in [0.29, 0.717) is 19.0 Å². The van der Waals surface area contributed by atoms with Crippen LogP contribution in [0, 0.1) is 6.92 Å². The van der Waals surface area contributed by atoms with E-state index < -0.39 is 17.2 Å². The van der Waals surface area contributed by atoms with Crippen LogP contribution in [0.3, 0.4) is 0 Å². The minimum Gasteiger partial charge on any atom is -0.444 e. The Morgan fingerprint density at radius 1 is 1.13 bits per heavy atom. The summed E-state index contributed by atoms with van der Waals surface area (Å²) in [5.74, 6) is 2.35. The Balaban J connectivity index is 0.00000900. The summed E-state index contributed by atoms with van der Waals surface area (Å²) in [5, 5.41) is 18.1. The molecule has 180 valence electrons. The minimum atomic E-state index is -0.534. The highest BCUT2D eigenvalue weighted by Gasteiger charge is 2.30. The molecule has 9 nitrogen and oxygen atoms in total. The van der Waals surface area contributed by atoms with Gasteiger partial charge in [-0.25, -0.2) is 9.79 Å². The second kappa shape index (κ2) is 13.7. The molecule has 0 saturated heterocycles. The number of guanidine groups is 1. The number of hydrogen-bond acceptors (Lipinski definition) is 5. The van der Waals surface area contributed by atoms with Crippen LogP contribution in [0.5, 0.6) is 0 Å². The molecule has 0 aliphatic carbocycles. The first-order valence-electron chi connectivity index (χ1n) is 10.9. The van der Waals surface area contributed by atoms with Gasteiger partial charge in [-0.15, -0.1) is 34.2 Å². The van der Waals surface area contributed by atoms with Crippen LogP contribution < -0.4 is 16.0 Å². The van der Waals surface area contributed by atoms with Gasteiger partial charge in [-0.1, -0.05) is 27.2 Å². The number of aromatic nitrogens is 3. The van der Waals surface area contributed by atoms with Crippen LogP contribution in [0.1, 0.15) is 78.9 Å². The standard InChI is InChI=1S/C21H41N7O2.HI/c1-9-12-13-22-18(23-14-17-27-26-16(4)28(17)8)24-15-21(10-2,11-3)25-19(29)30-20(5,6)7;/h9-15H2,1-8H3,(H,25,29)(H2,22,23,24);1H. The molecule has 0 aliphatic rings. The first-order chi connectivity index (χ1) is 14.1. The first kappa shape index (κ1) is 29.4. The normalized spacial score (nSPS) is 12.2. The molecule has 31 heavy (non-hydrogen) atoms. The number of halogens is 1. The molecule has 10 heteroatoms. The lowest BCUT2D eigenvalue weighted by atomic mass is 9.93. The van der Waals surface area contributed by atoms with E-state index in [-0.39, 0.29) is 24.0 Å². The van der Waals surface area contributed by atoms with E-state index in [9.17, 15) is 4.79 Å². The molecule has 1 amide bonds. The summed E-state index contributed by atoms with van der Waals surface area (Å²) in [4.78, 5) is 17.1. The Morgan fingerprint density at radius 3 is 2.26 bits per heavy atom. The van der Waals surface area contributed by atoms with Gasteiger partial charge in [0, 0.05) is 20.1 Å². The summed E-state index contributed by atoms with van der Waals surface area (Å²) in [6, 6.07) is 0. The van der Waals surface area contributed by atoms with E-state index >= 15 is 0 Å². The van der Waals surface area contributed by atoms with Gasteiger partial charge in [0.15, 0.2) is 11.8 Å². The van der Waals surface area contributed by atoms with Crippen molar-refractivity contribution in [1.29, 1.82) is 0 Å². The fourth-order valence-corrected chi connectivity index (χ4v) is 2.79. The number of hydrogen-bond donors (Lipinski definition) is 3. The maximum Gasteiger partial charge on any atom is 0.408 e. The predicted molar refractivity (Wildman–Crippen MR) is 136 cm³/mol. The Kier molecular flexibility index (Phi) is 13.0. The maximum atomic E-state index is 12.4. The van der Waals surface area contributed by atoms with Gasteiger partial charge in [0.25, 0.3) is 0 Å². The van der Waals surface area contributed by atoms with Gasteiger partial charge in [-0.3, -0.25) is 0 Å². The van der Waals surface area contributed by atoms with Gasteiger partial charge in [-0.2, -0.15) is 0 Å². The van der Waals surface area contributed by atoms with Crippen LogP contribution in [0.25, 0.3) is 0 Å². The van der Waals surface area contributed by atoms with Crippen LogP contribution in [0.15, 0.2) is 4.99 Å². The third kappa shape index (κ3) is 10.5. The zero-order valence-corrected chi connectivity index (χ0v) is 22.8. The highest BCUT2D eigenvalue weighted by Crippen LogP contribution is 2.16. The molecule has 0 fully saturated rings. The number of rotatable bonds is 10. The minimum absolute atomic E-state index is 0. The van der Waals surface area contributed by atoms with Crippen molar-refractivity contribution in [2.75, 3.05) is 13.1 Å². The number of alkyl carbamates (subject to hydrolysis) is 1. The van der Waals surface area contributed by atoms with Gasteiger partial charge in [0.05, 0.1) is 5.54 Å². The van der Waals surface area contributed by atoms with E-state index in [1.165, 1.54) is 0 Å². The average molecular weight is 552 g/mol. The van der Waals surface area contributed by atoms with Crippen molar-refractivity contribution in [3.8, 4) is 0 Å². The van der Waals surface area contributed by atoms with Gasteiger partial charge in [-0.05, 0) is 47.0 Å². The molecule has 3 N–H and O–H groups in total. The Labute approximate surface area is 204 Å². The summed E-state index contributed by atoms with van der Waals surface area (Å²) in [5.41, 5.74) is -0.968. The molecular formula is C21H42IN7O2. The van der Waals surface area contributed by atoms with Crippen molar-refractivity contribution < 1.29 is 9.53 Å². The summed E-state index contributed by atoms with van der Waals surface area (Å²) in [6.45, 7) is 15.6. The molecular weight excluding hydrogens is 509 g/mol. The molecule has 0 bridgehead atoms. The number of unbranched alkanes of at least 4 members (excludes halogenated alkanes) is 1. The zero-order valence-electron chi connectivity index (χ0n) is 20.5. The fourth-order valence-electron chi connectivity index (χ4n) is 2.79. The SMILES string of the molecule is CCCCNC(=NCc1nnc(C)n1C)NCC(CC)(CC)NC(=O)OC(C)(C)C.I. The molecule has 0 aromatic carbocycles. The van der Waals surface area contributed by atoms with E-state index in [1.54, 1.807) is 0 Å². The molecule has 0 radical (unpaired) electrons. The van der Waals surface area contributed by atoms with E-state index in [2.05, 4.69) is 51.9 Å². The number of carbonyl (C=O) groups excluding carboxylic acids is 1. The number of aliphatic imine (C=N–C) groups is 1. The Bertz CT molecular complexity index is 694. The molecule has 1 heterocycles. The van der Waals surface area contributed by atoms with Gasteiger partial charge in [0.2, 0.25) is 0 Å². The smallest absolute Gasteiger partial charge is 0.408 e. The molecule has 0 saturated carbocycles. The van der Waals surface area contributed by atoms with Crippen molar-refractivity contribution in [3.05, 3.63) is 11.6 Å². The van der Waals surface area contributed by atoms with E-state index in [0.717, 1.165) is 43.9 Å². The van der Waals surface area contributed by atoms with Crippen molar-refractivity contribution in [2.24, 2.45) is 12.0 Å². The Morgan fingerprint density at radius 2 is 1.77 bits per heavy atom. The average Bonchev–Trinajstić information content (AvgIpc) is 2.99. The monoisotopic (exact) mass is 551 g/mol. The van der Waals surface area contributed by atoms with Crippen LogP contribution in [0.4, 0.5) is 4.79 Å². The Hall–Kier alpha value is -1.59. The number of nitrogens with zero attached hydrogens (tertiary/aromatic N) is 4. The van der Waals surface area contributed by atoms with Gasteiger partial charge >= 0.3 is 6.09 Å². The topological polar surface area (TPSA) is 105 Å². The molecule has 0 spiro atoms. The largest absolute Gasteiger partial charge is 0.444 e. The lowest BCUT2D eigenvalue weighted by Crippen LogP contribution is -2.57. The van der Waals surface area contributed by atoms with Crippen molar-refractivity contribution in [1.82, 2.24) is 30.7 Å². The number of amides is 1. The zero-order chi connectivity index (χ0) is 22.8. The van der Waals surface area contributed by atoms with E-state index in [1.807, 2.05) is 39.3 Å². The second-order valence-corrected chi connectivity index (χ2v) is 8.64. The molecule has 0 atom stereocenters. The first-order valence-corrected chi connectivity index (χ1v) is 10.9. The van der Waals surface area contributed by atoms with Crippen LogP contribution in [-0.4, -0.2) is 51.0 Å². The highest BCUT2D eigenvalue weighted by atomic mass is 127. The van der Waals surface area contributed by atoms with Gasteiger partial charge in [0.1, 0.15) is 18.0 Å². The molecule has 1 aromatic heterocycles. The number of aryl methyl sites for hydroxylation is 1. The lowest BCUT2D eigenvalue weighted by Gasteiger charge is -2.34. The summed E-state index contributed by atoms with van der Waals surface area (Å²) >= 11 is 0. The maximum absolute atomic E-state index is 12.4. The molecule has 0 aliphatic heterocycles. The summed E-state index contributed by atoms with van der Waals surface area (Å²) < 4.78 is 7.39. The number of ether oxygens (including phenoxy) is 1. The van der Waals surface area contributed by atoms with Crippen molar-refractivity contribution in [3.63, 3.8) is 0 Å². The fraction of sp³-hybridized carbons (Fsp3) is 0.810. The highest BCUT2D eigenvalue weighted by molar-refractivity contribution is 14.0. The summed E-state index contributed by atoms with van der Waals surface area (Å²) in [6.07, 6.45) is 3.27. The third-order valence-electron chi connectivity index (χ3n) is 5.10. The van der Waals surface area contributed by atoms with Crippen molar-refractivity contribution >= 4 is 36.0 Å². The lowest BCUT2D eigenvalue weighted by molar-refractivity contribution is 0.0448. The van der Waals surface area contributed by atoms with Crippen molar-refractivity contribution in [2.45, 2.75) is 91.8 Å². The second-order valence-electron chi connectivity index (χ2n) is 8.64. The summed E-state index contributed by atoms with van der Waals surface area (Å²) in [7, 11) is 1.93. The van der Waals surface area contributed by atoms with Crippen LogP contribution >= 0.6 is 24.0 Å². The van der Waals surface area contributed by atoms with Gasteiger partial charge < -0.3 is 25.3 Å². The molecule has 1 rings (SSSR count). The third-order valence-corrected chi connectivity index (χ3v) is 5.10. The quantitative estimate of drug-likeness (QED) is 0.178. The number of nitrogens with one attached hydrogen (secondary N) is 3. The predicted octanol–water partition coefficient (Wildman–Crippen LogP) is 3.66. The van der Waals surface area contributed by atoms with Crippen LogP contribution in [-0.2, 0) is 18.3 Å². The molecule has 0 unspecified atom stereocenters. The van der Waals surface area contributed by atoms with E-state index in [4.69, 9.17) is 4.74 Å². The number of carbonyl (C=O) groups is 1. The van der Waals surface area contributed by atoms with Crippen LogP contribution in [0.2, 0.25) is 0 Å². The molecule has 1 aromatic rings.